The zero-order chi connectivity index (χ0) is 13.6. The van der Waals surface area contributed by atoms with Crippen molar-refractivity contribution in [2.24, 2.45) is 11.7 Å². The zero-order valence-corrected chi connectivity index (χ0v) is 12.5. The summed E-state index contributed by atoms with van der Waals surface area (Å²) in [6.45, 7) is 5.18. The van der Waals surface area contributed by atoms with Crippen LogP contribution in [0, 0.1) is 5.92 Å². The molecule has 0 radical (unpaired) electrons. The summed E-state index contributed by atoms with van der Waals surface area (Å²) >= 11 is 0. The Labute approximate surface area is 114 Å². The van der Waals surface area contributed by atoms with Crippen LogP contribution in [-0.4, -0.2) is 12.3 Å². The van der Waals surface area contributed by atoms with E-state index in [-0.39, 0.29) is 0 Å². The van der Waals surface area contributed by atoms with E-state index in [1.807, 2.05) is 0 Å². The molecule has 2 N–H and O–H groups in total. The summed E-state index contributed by atoms with van der Waals surface area (Å²) in [5, 5.41) is 0. The van der Waals surface area contributed by atoms with Crippen molar-refractivity contribution in [2.75, 3.05) is 6.54 Å². The molecule has 0 saturated carbocycles. The van der Waals surface area contributed by atoms with E-state index in [0.717, 1.165) is 45.1 Å². The number of hydrogen-bond acceptors (Lipinski definition) is 2. The fourth-order valence-electron chi connectivity index (χ4n) is 2.38. The fourth-order valence-corrected chi connectivity index (χ4v) is 2.38. The van der Waals surface area contributed by atoms with Crippen LogP contribution in [0.1, 0.15) is 84.5 Å². The topological polar surface area (TPSA) is 43.1 Å². The number of unbranched alkanes of at least 4 members (excludes halogenated alkanes) is 5. The van der Waals surface area contributed by atoms with Gasteiger partial charge in [0.15, 0.2) is 0 Å². The molecule has 1 atom stereocenters. The van der Waals surface area contributed by atoms with Gasteiger partial charge in [0.2, 0.25) is 0 Å². The SMILES string of the molecule is CCCCCCCCC(=O)CCC(CC)CCN. The van der Waals surface area contributed by atoms with Crippen LogP contribution in [0.2, 0.25) is 0 Å². The van der Waals surface area contributed by atoms with Crippen LogP contribution in [-0.2, 0) is 4.79 Å². The van der Waals surface area contributed by atoms with Gasteiger partial charge in [-0.25, -0.2) is 0 Å². The number of carbonyl (C=O) groups excluding carboxylic acids is 1. The highest BCUT2D eigenvalue weighted by Gasteiger charge is 2.08. The van der Waals surface area contributed by atoms with Gasteiger partial charge in [-0.3, -0.25) is 4.79 Å². The second kappa shape index (κ2) is 13.1. The number of nitrogens with two attached hydrogens (primary N) is 1. The van der Waals surface area contributed by atoms with Crippen LogP contribution in [0.4, 0.5) is 0 Å². The van der Waals surface area contributed by atoms with Crippen LogP contribution >= 0.6 is 0 Å². The van der Waals surface area contributed by atoms with Crippen molar-refractivity contribution in [1.29, 1.82) is 0 Å². The lowest BCUT2D eigenvalue weighted by molar-refractivity contribution is -0.119. The van der Waals surface area contributed by atoms with Crippen molar-refractivity contribution < 1.29 is 4.79 Å². The Morgan fingerprint density at radius 2 is 1.61 bits per heavy atom. The summed E-state index contributed by atoms with van der Waals surface area (Å²) in [5.74, 6) is 1.12. The number of rotatable bonds is 13. The van der Waals surface area contributed by atoms with Gasteiger partial charge in [-0.05, 0) is 31.7 Å². The Hall–Kier alpha value is -0.370. The third-order valence-electron chi connectivity index (χ3n) is 3.79. The Morgan fingerprint density at radius 1 is 0.944 bits per heavy atom. The Morgan fingerprint density at radius 3 is 2.22 bits per heavy atom. The van der Waals surface area contributed by atoms with E-state index in [1.165, 1.54) is 32.1 Å². The highest BCUT2D eigenvalue weighted by molar-refractivity contribution is 5.78. The standard InChI is InChI=1S/C16H33NO/c1-3-5-6-7-8-9-10-16(18)12-11-15(4-2)13-14-17/h15H,3-14,17H2,1-2H3. The van der Waals surface area contributed by atoms with Crippen LogP contribution in [0.5, 0.6) is 0 Å². The maximum absolute atomic E-state index is 11.7. The van der Waals surface area contributed by atoms with Gasteiger partial charge in [0.05, 0.1) is 0 Å². The number of hydrogen-bond donors (Lipinski definition) is 1. The van der Waals surface area contributed by atoms with Crippen LogP contribution in [0.15, 0.2) is 0 Å². The molecule has 0 aliphatic carbocycles. The van der Waals surface area contributed by atoms with Gasteiger partial charge in [0.25, 0.3) is 0 Å². The molecule has 0 bridgehead atoms. The molecule has 0 heterocycles. The number of carbonyl (C=O) groups is 1. The predicted molar refractivity (Wildman–Crippen MR) is 79.7 cm³/mol. The van der Waals surface area contributed by atoms with E-state index in [4.69, 9.17) is 5.73 Å². The van der Waals surface area contributed by atoms with E-state index in [1.54, 1.807) is 0 Å². The minimum atomic E-state index is 0.459. The first-order chi connectivity index (χ1) is 8.74. The van der Waals surface area contributed by atoms with E-state index < -0.39 is 0 Å². The predicted octanol–water partition coefficient (Wildman–Crippen LogP) is 4.46. The van der Waals surface area contributed by atoms with Crippen LogP contribution < -0.4 is 5.73 Å². The second-order valence-electron chi connectivity index (χ2n) is 5.45. The largest absolute Gasteiger partial charge is 0.330 e. The molecule has 0 aromatic carbocycles. The highest BCUT2D eigenvalue weighted by Crippen LogP contribution is 2.16. The van der Waals surface area contributed by atoms with Gasteiger partial charge in [-0.15, -0.1) is 0 Å². The van der Waals surface area contributed by atoms with Crippen molar-refractivity contribution in [2.45, 2.75) is 84.5 Å². The molecule has 2 nitrogen and oxygen atoms in total. The first kappa shape index (κ1) is 17.6. The molecule has 0 aliphatic heterocycles. The maximum Gasteiger partial charge on any atom is 0.132 e. The third-order valence-corrected chi connectivity index (χ3v) is 3.79. The fraction of sp³-hybridized carbons (Fsp3) is 0.938. The quantitative estimate of drug-likeness (QED) is 0.494. The van der Waals surface area contributed by atoms with Crippen LogP contribution in [0.25, 0.3) is 0 Å². The number of Topliss-reactive ketones (excluding diaryl/α,β-unsaturated/α-hetero) is 1. The summed E-state index contributed by atoms with van der Waals surface area (Å²) < 4.78 is 0. The smallest absolute Gasteiger partial charge is 0.132 e. The molecule has 0 rings (SSSR count). The van der Waals surface area contributed by atoms with Gasteiger partial charge >= 0.3 is 0 Å². The average molecular weight is 255 g/mol. The molecule has 0 aromatic heterocycles. The lowest BCUT2D eigenvalue weighted by Crippen LogP contribution is -2.10. The van der Waals surface area contributed by atoms with E-state index in [9.17, 15) is 4.79 Å². The molecule has 1 unspecified atom stereocenters. The van der Waals surface area contributed by atoms with Gasteiger partial charge in [0, 0.05) is 12.8 Å². The van der Waals surface area contributed by atoms with Crippen molar-refractivity contribution in [1.82, 2.24) is 0 Å². The lowest BCUT2D eigenvalue weighted by Gasteiger charge is -2.12. The van der Waals surface area contributed by atoms with Gasteiger partial charge < -0.3 is 5.73 Å². The number of ketones is 1. The molecular formula is C16H33NO. The Bertz CT molecular complexity index is 192. The third kappa shape index (κ3) is 10.8. The summed E-state index contributed by atoms with van der Waals surface area (Å²) in [6.07, 6.45) is 12.4. The lowest BCUT2D eigenvalue weighted by atomic mass is 9.94. The first-order valence-corrected chi connectivity index (χ1v) is 7.96. The molecule has 0 saturated heterocycles. The molecule has 0 amide bonds. The normalized spacial score (nSPS) is 12.6. The van der Waals surface area contributed by atoms with Crippen molar-refractivity contribution >= 4 is 5.78 Å². The average Bonchev–Trinajstić information content (AvgIpc) is 2.38. The molecular weight excluding hydrogens is 222 g/mol. The summed E-state index contributed by atoms with van der Waals surface area (Å²) in [6, 6.07) is 0. The molecule has 0 aromatic rings. The molecule has 0 aliphatic rings. The zero-order valence-electron chi connectivity index (χ0n) is 12.5. The Kier molecular flexibility index (Phi) is 12.8. The van der Waals surface area contributed by atoms with Crippen molar-refractivity contribution in [3.63, 3.8) is 0 Å². The Balaban J connectivity index is 3.41. The van der Waals surface area contributed by atoms with Crippen molar-refractivity contribution in [3.05, 3.63) is 0 Å². The van der Waals surface area contributed by atoms with E-state index in [2.05, 4.69) is 13.8 Å². The summed E-state index contributed by atoms with van der Waals surface area (Å²) in [4.78, 5) is 11.7. The first-order valence-electron chi connectivity index (χ1n) is 7.96. The molecule has 18 heavy (non-hydrogen) atoms. The van der Waals surface area contributed by atoms with Gasteiger partial charge in [0.1, 0.15) is 5.78 Å². The van der Waals surface area contributed by atoms with Crippen LogP contribution in [0.3, 0.4) is 0 Å². The van der Waals surface area contributed by atoms with Gasteiger partial charge in [-0.1, -0.05) is 52.4 Å². The molecule has 108 valence electrons. The molecule has 0 spiro atoms. The molecule has 0 fully saturated rings. The minimum Gasteiger partial charge on any atom is -0.330 e. The summed E-state index contributed by atoms with van der Waals surface area (Å²) in [7, 11) is 0. The summed E-state index contributed by atoms with van der Waals surface area (Å²) in [5.41, 5.74) is 5.56. The van der Waals surface area contributed by atoms with Gasteiger partial charge in [-0.2, -0.15) is 0 Å². The maximum atomic E-state index is 11.7. The van der Waals surface area contributed by atoms with Crippen molar-refractivity contribution in [3.8, 4) is 0 Å². The van der Waals surface area contributed by atoms with E-state index >= 15 is 0 Å². The highest BCUT2D eigenvalue weighted by atomic mass is 16.1. The second-order valence-corrected chi connectivity index (χ2v) is 5.45. The van der Waals surface area contributed by atoms with E-state index in [0.29, 0.717) is 11.7 Å². The molecule has 2 heteroatoms. The minimum absolute atomic E-state index is 0.459. The monoisotopic (exact) mass is 255 g/mol.